The molecule has 2 unspecified atom stereocenters. The standard InChI is InChI=1S/C29H29N3O6/c1-35-27-24(13-30-28(31-27)36-2)26(33)17-11-18-14-37-15-19(12-17)32(18)29(34)38-16-25-22-9-5-3-7-20(22)21-8-4-6-10-23(21)25/h3-10,13,17-19,25H,11-12,14-16H2,1-2H3. The molecule has 3 heterocycles. The number of amides is 1. The van der Waals surface area contributed by atoms with Crippen LogP contribution < -0.4 is 9.47 Å². The molecule has 38 heavy (non-hydrogen) atoms. The fraction of sp³-hybridized carbons (Fsp3) is 0.379. The molecule has 2 saturated heterocycles. The van der Waals surface area contributed by atoms with Gasteiger partial charge in [-0.3, -0.25) is 9.69 Å². The number of carbonyl (C=O) groups is 2. The topological polar surface area (TPSA) is 100 Å². The number of carbonyl (C=O) groups excluding carboxylic acids is 2. The summed E-state index contributed by atoms with van der Waals surface area (Å²) in [5.41, 5.74) is 5.03. The zero-order chi connectivity index (χ0) is 26.2. The predicted molar refractivity (Wildman–Crippen MR) is 137 cm³/mol. The van der Waals surface area contributed by atoms with Crippen LogP contribution >= 0.6 is 0 Å². The van der Waals surface area contributed by atoms with E-state index in [9.17, 15) is 9.59 Å². The van der Waals surface area contributed by atoms with Crippen molar-refractivity contribution in [1.82, 2.24) is 14.9 Å². The summed E-state index contributed by atoms with van der Waals surface area (Å²) in [6.45, 7) is 0.980. The molecule has 2 aromatic carbocycles. The van der Waals surface area contributed by atoms with Crippen LogP contribution in [0.1, 0.15) is 40.2 Å². The van der Waals surface area contributed by atoms with Gasteiger partial charge in [-0.1, -0.05) is 48.5 Å². The van der Waals surface area contributed by atoms with E-state index in [4.69, 9.17) is 18.9 Å². The number of hydrogen-bond donors (Lipinski definition) is 0. The second kappa shape index (κ2) is 10.1. The number of Topliss-reactive ketones (excluding diaryl/α,β-unsaturated/α-hetero) is 1. The number of fused-ring (bicyclic) bond motifs is 5. The van der Waals surface area contributed by atoms with E-state index in [2.05, 4.69) is 34.2 Å². The lowest BCUT2D eigenvalue weighted by molar-refractivity contribution is -0.0748. The average Bonchev–Trinajstić information content (AvgIpc) is 3.28. The van der Waals surface area contributed by atoms with Crippen molar-refractivity contribution < 1.29 is 28.5 Å². The first-order valence-corrected chi connectivity index (χ1v) is 12.8. The summed E-state index contributed by atoms with van der Waals surface area (Å²) in [6.07, 6.45) is 2.02. The van der Waals surface area contributed by atoms with Gasteiger partial charge in [0.1, 0.15) is 6.61 Å². The molecule has 196 valence electrons. The molecule has 1 amide bonds. The Morgan fingerprint density at radius 2 is 1.58 bits per heavy atom. The van der Waals surface area contributed by atoms with Gasteiger partial charge in [0.15, 0.2) is 5.78 Å². The van der Waals surface area contributed by atoms with Crippen LogP contribution in [0.3, 0.4) is 0 Å². The molecule has 3 aliphatic rings. The number of aromatic nitrogens is 2. The minimum Gasteiger partial charge on any atom is -0.480 e. The predicted octanol–water partition coefficient (Wildman–Crippen LogP) is 4.11. The SMILES string of the molecule is COc1ncc(C(=O)C2CC3COCC(C2)N3C(=O)OCC2c3ccccc3-c3ccccc32)c(OC)n1. The number of ketones is 1. The van der Waals surface area contributed by atoms with Crippen LogP contribution in [-0.4, -0.2) is 72.9 Å². The van der Waals surface area contributed by atoms with Gasteiger partial charge in [-0.05, 0) is 35.1 Å². The van der Waals surface area contributed by atoms with Gasteiger partial charge in [0, 0.05) is 18.0 Å². The van der Waals surface area contributed by atoms with Gasteiger partial charge in [-0.25, -0.2) is 9.78 Å². The van der Waals surface area contributed by atoms with Crippen LogP contribution in [0.2, 0.25) is 0 Å². The minimum absolute atomic E-state index is 0.0101. The molecule has 3 aromatic rings. The molecule has 0 radical (unpaired) electrons. The monoisotopic (exact) mass is 515 g/mol. The maximum absolute atomic E-state index is 13.4. The zero-order valence-electron chi connectivity index (χ0n) is 21.3. The summed E-state index contributed by atoms with van der Waals surface area (Å²) in [4.78, 5) is 36.9. The van der Waals surface area contributed by atoms with E-state index in [1.54, 1.807) is 4.90 Å². The Morgan fingerprint density at radius 1 is 0.947 bits per heavy atom. The molecular weight excluding hydrogens is 486 g/mol. The van der Waals surface area contributed by atoms with Crippen molar-refractivity contribution in [3.63, 3.8) is 0 Å². The largest absolute Gasteiger partial charge is 0.480 e. The van der Waals surface area contributed by atoms with Crippen LogP contribution in [0.15, 0.2) is 54.7 Å². The summed E-state index contributed by atoms with van der Waals surface area (Å²) in [5, 5.41) is 0. The van der Waals surface area contributed by atoms with Gasteiger partial charge < -0.3 is 18.9 Å². The van der Waals surface area contributed by atoms with Crippen molar-refractivity contribution in [3.05, 3.63) is 71.4 Å². The molecule has 1 aromatic heterocycles. The molecular formula is C29H29N3O6. The molecule has 2 bridgehead atoms. The quantitative estimate of drug-likeness (QED) is 0.453. The minimum atomic E-state index is -0.360. The summed E-state index contributed by atoms with van der Waals surface area (Å²) < 4.78 is 22.1. The van der Waals surface area contributed by atoms with Crippen molar-refractivity contribution >= 4 is 11.9 Å². The third-order valence-corrected chi connectivity index (χ3v) is 7.81. The van der Waals surface area contributed by atoms with Crippen LogP contribution in [0.25, 0.3) is 11.1 Å². The van der Waals surface area contributed by atoms with Gasteiger partial charge in [0.2, 0.25) is 5.88 Å². The van der Waals surface area contributed by atoms with E-state index < -0.39 is 0 Å². The number of methoxy groups -OCH3 is 2. The fourth-order valence-electron chi connectivity index (χ4n) is 6.09. The number of piperidine rings is 1. The van der Waals surface area contributed by atoms with E-state index in [0.717, 1.165) is 0 Å². The normalized spacial score (nSPS) is 21.8. The Hall–Kier alpha value is -3.98. The summed E-state index contributed by atoms with van der Waals surface area (Å²) in [5.74, 6) is -0.239. The Labute approximate surface area is 220 Å². The molecule has 2 atom stereocenters. The maximum Gasteiger partial charge on any atom is 0.410 e. The molecule has 2 aliphatic heterocycles. The van der Waals surface area contributed by atoms with Crippen molar-refractivity contribution in [3.8, 4) is 23.0 Å². The van der Waals surface area contributed by atoms with Crippen LogP contribution in [0.5, 0.6) is 11.9 Å². The first-order valence-electron chi connectivity index (χ1n) is 12.8. The lowest BCUT2D eigenvalue weighted by Gasteiger charge is -2.47. The van der Waals surface area contributed by atoms with Crippen molar-refractivity contribution in [2.75, 3.05) is 34.0 Å². The van der Waals surface area contributed by atoms with Crippen LogP contribution in [-0.2, 0) is 9.47 Å². The number of ether oxygens (including phenoxy) is 4. The molecule has 1 aliphatic carbocycles. The van der Waals surface area contributed by atoms with Gasteiger partial charge in [-0.15, -0.1) is 0 Å². The first kappa shape index (κ1) is 24.4. The van der Waals surface area contributed by atoms with Crippen molar-refractivity contribution in [2.24, 2.45) is 5.92 Å². The van der Waals surface area contributed by atoms with Crippen LogP contribution in [0, 0.1) is 5.92 Å². The van der Waals surface area contributed by atoms with Gasteiger partial charge >= 0.3 is 12.1 Å². The average molecular weight is 516 g/mol. The highest BCUT2D eigenvalue weighted by Gasteiger charge is 2.45. The zero-order valence-corrected chi connectivity index (χ0v) is 21.3. The molecule has 0 N–H and O–H groups in total. The van der Waals surface area contributed by atoms with Gasteiger partial charge in [0.25, 0.3) is 0 Å². The molecule has 9 heteroatoms. The van der Waals surface area contributed by atoms with Crippen molar-refractivity contribution in [2.45, 2.75) is 30.8 Å². The van der Waals surface area contributed by atoms with E-state index in [1.807, 2.05) is 24.3 Å². The summed E-state index contributed by atoms with van der Waals surface area (Å²) in [7, 11) is 2.91. The van der Waals surface area contributed by atoms with E-state index in [1.165, 1.54) is 42.7 Å². The Morgan fingerprint density at radius 3 is 2.18 bits per heavy atom. The second-order valence-corrected chi connectivity index (χ2v) is 9.87. The number of morpholine rings is 1. The van der Waals surface area contributed by atoms with Gasteiger partial charge in [-0.2, -0.15) is 4.98 Å². The summed E-state index contributed by atoms with van der Waals surface area (Å²) >= 11 is 0. The smallest absolute Gasteiger partial charge is 0.410 e. The van der Waals surface area contributed by atoms with E-state index in [-0.39, 0.29) is 54.3 Å². The first-order chi connectivity index (χ1) is 18.6. The highest BCUT2D eigenvalue weighted by atomic mass is 16.6. The summed E-state index contributed by atoms with van der Waals surface area (Å²) in [6, 6.07) is 16.2. The molecule has 0 saturated carbocycles. The third-order valence-electron chi connectivity index (χ3n) is 7.81. The Balaban J connectivity index is 1.16. The number of nitrogens with zero attached hydrogens (tertiary/aromatic N) is 3. The third kappa shape index (κ3) is 4.16. The highest BCUT2D eigenvalue weighted by molar-refractivity contribution is 5.99. The lowest BCUT2D eigenvalue weighted by Crippen LogP contribution is -2.60. The Kier molecular flexibility index (Phi) is 6.45. The fourth-order valence-corrected chi connectivity index (χ4v) is 6.09. The van der Waals surface area contributed by atoms with E-state index >= 15 is 0 Å². The highest BCUT2D eigenvalue weighted by Crippen LogP contribution is 2.45. The van der Waals surface area contributed by atoms with E-state index in [0.29, 0.717) is 31.6 Å². The molecule has 6 rings (SSSR count). The number of benzene rings is 2. The number of rotatable bonds is 6. The van der Waals surface area contributed by atoms with Gasteiger partial charge in [0.05, 0.1) is 45.1 Å². The Bertz CT molecular complexity index is 1320. The molecule has 2 fully saturated rings. The maximum atomic E-state index is 13.4. The lowest BCUT2D eigenvalue weighted by atomic mass is 9.81. The van der Waals surface area contributed by atoms with Crippen LogP contribution in [0.4, 0.5) is 4.79 Å². The van der Waals surface area contributed by atoms with Crippen molar-refractivity contribution in [1.29, 1.82) is 0 Å². The molecule has 0 spiro atoms. The molecule has 9 nitrogen and oxygen atoms in total. The number of hydrogen-bond acceptors (Lipinski definition) is 8. The second-order valence-electron chi connectivity index (χ2n) is 9.87.